The van der Waals surface area contributed by atoms with Crippen molar-refractivity contribution in [2.45, 2.75) is 0 Å². The number of hydrogen-bond donors (Lipinski definition) is 0. The van der Waals surface area contributed by atoms with Crippen LogP contribution in [0.5, 0.6) is 11.6 Å². The van der Waals surface area contributed by atoms with Crippen LogP contribution in [0.1, 0.15) is 0 Å². The second-order valence-electron chi connectivity index (χ2n) is 6.90. The summed E-state index contributed by atoms with van der Waals surface area (Å²) in [5, 5.41) is 3.13. The standard InChI is InChI=1S/C26H14N2OS.Pt/c1-2-8-17(9-3-1)21-12-6-14-24(28-21)29-22-16-20-25-23(13-7-15-27-25)30-26(20)19-11-5-4-10-18(19)22;/h1-8,10-15H;/q-2;+2. The van der Waals surface area contributed by atoms with Gasteiger partial charge in [-0.15, -0.1) is 41.3 Å². The number of pyridine rings is 2. The molecule has 6 aromatic rings. The average molecular weight is 598 g/mol. The van der Waals surface area contributed by atoms with Crippen LogP contribution >= 0.6 is 11.3 Å². The summed E-state index contributed by atoms with van der Waals surface area (Å²) in [5.74, 6) is 1.18. The van der Waals surface area contributed by atoms with E-state index in [0.29, 0.717) is 11.6 Å². The molecule has 0 fully saturated rings. The SMILES string of the molecule is [Pt+2].[c-]1ccccc1-c1cccc(Oc2[c-]c3c4ncccc4sc3c3ccccc23)n1. The first kappa shape index (κ1) is 19.9. The van der Waals surface area contributed by atoms with E-state index in [-0.39, 0.29) is 21.1 Å². The first-order valence-electron chi connectivity index (χ1n) is 9.60. The zero-order valence-corrected chi connectivity index (χ0v) is 19.2. The fraction of sp³-hybridized carbons (Fsp3) is 0. The van der Waals surface area contributed by atoms with Gasteiger partial charge >= 0.3 is 21.1 Å². The molecule has 3 aromatic heterocycles. The molecule has 5 heteroatoms. The maximum absolute atomic E-state index is 6.28. The van der Waals surface area contributed by atoms with Gasteiger partial charge in [-0.05, 0) is 22.5 Å². The minimum atomic E-state index is 0. The Bertz CT molecular complexity index is 1530. The van der Waals surface area contributed by atoms with Crippen LogP contribution in [0, 0.1) is 12.1 Å². The Labute approximate surface area is 197 Å². The largest absolute Gasteiger partial charge is 2.00 e. The van der Waals surface area contributed by atoms with E-state index in [1.165, 1.54) is 4.70 Å². The van der Waals surface area contributed by atoms with Gasteiger partial charge in [-0.1, -0.05) is 59.3 Å². The van der Waals surface area contributed by atoms with E-state index in [0.717, 1.165) is 37.6 Å². The van der Waals surface area contributed by atoms with Gasteiger partial charge in [0.2, 0.25) is 5.88 Å². The molecule has 0 N–H and O–H groups in total. The third kappa shape index (κ3) is 3.52. The van der Waals surface area contributed by atoms with Crippen molar-refractivity contribution in [3.63, 3.8) is 0 Å². The maximum atomic E-state index is 6.28. The molecule has 3 heterocycles. The molecule has 0 saturated heterocycles. The predicted octanol–water partition coefficient (Wildman–Crippen LogP) is 7.05. The van der Waals surface area contributed by atoms with Gasteiger partial charge in [-0.2, -0.15) is 11.3 Å². The summed E-state index contributed by atoms with van der Waals surface area (Å²) >= 11 is 1.74. The van der Waals surface area contributed by atoms with E-state index >= 15 is 0 Å². The first-order chi connectivity index (χ1) is 14.9. The monoisotopic (exact) mass is 597 g/mol. The van der Waals surface area contributed by atoms with Gasteiger partial charge in [0, 0.05) is 16.4 Å². The molecule has 0 aliphatic carbocycles. The minimum absolute atomic E-state index is 0. The summed E-state index contributed by atoms with van der Waals surface area (Å²) in [5.41, 5.74) is 2.70. The van der Waals surface area contributed by atoms with Crippen LogP contribution in [0.15, 0.2) is 85.1 Å². The predicted molar refractivity (Wildman–Crippen MR) is 122 cm³/mol. The smallest absolute Gasteiger partial charge is 0.459 e. The molecule has 0 saturated carbocycles. The van der Waals surface area contributed by atoms with Crippen molar-refractivity contribution in [3.8, 4) is 22.9 Å². The molecule has 0 bridgehead atoms. The number of thiophene rings is 1. The van der Waals surface area contributed by atoms with Crippen LogP contribution in [-0.4, -0.2) is 9.97 Å². The average Bonchev–Trinajstić information content (AvgIpc) is 3.19. The Hall–Kier alpha value is -3.07. The minimum Gasteiger partial charge on any atom is -0.459 e. The van der Waals surface area contributed by atoms with Crippen LogP contribution < -0.4 is 4.74 Å². The zero-order chi connectivity index (χ0) is 19.9. The third-order valence-corrected chi connectivity index (χ3v) is 6.19. The van der Waals surface area contributed by atoms with Crippen molar-refractivity contribution < 1.29 is 25.8 Å². The van der Waals surface area contributed by atoms with E-state index in [4.69, 9.17) is 4.74 Å². The molecule has 3 nitrogen and oxygen atoms in total. The summed E-state index contributed by atoms with van der Waals surface area (Å²) in [6.45, 7) is 0. The summed E-state index contributed by atoms with van der Waals surface area (Å²) in [6, 6.07) is 32.6. The Morgan fingerprint density at radius 3 is 2.58 bits per heavy atom. The summed E-state index contributed by atoms with van der Waals surface area (Å²) in [7, 11) is 0. The molecule has 31 heavy (non-hydrogen) atoms. The number of hydrogen-bond acceptors (Lipinski definition) is 4. The normalized spacial score (nSPS) is 11.0. The molecule has 0 aliphatic rings. The van der Waals surface area contributed by atoms with Crippen LogP contribution in [0.2, 0.25) is 0 Å². The van der Waals surface area contributed by atoms with Crippen LogP contribution in [0.25, 0.3) is 42.3 Å². The second kappa shape index (κ2) is 8.22. The number of benzene rings is 3. The molecular formula is C26H14N2OPtS. The Kier molecular flexibility index (Phi) is 5.27. The summed E-state index contributed by atoms with van der Waals surface area (Å²) < 4.78 is 8.59. The van der Waals surface area contributed by atoms with Gasteiger partial charge in [0.05, 0.1) is 5.75 Å². The summed E-state index contributed by atoms with van der Waals surface area (Å²) in [4.78, 5) is 9.27. The van der Waals surface area contributed by atoms with Crippen molar-refractivity contribution in [1.29, 1.82) is 0 Å². The Morgan fingerprint density at radius 1 is 0.839 bits per heavy atom. The van der Waals surface area contributed by atoms with Gasteiger partial charge < -0.3 is 9.72 Å². The molecule has 0 spiro atoms. The molecule has 6 rings (SSSR count). The zero-order valence-electron chi connectivity index (χ0n) is 16.1. The van der Waals surface area contributed by atoms with Crippen LogP contribution in [0.4, 0.5) is 0 Å². The van der Waals surface area contributed by atoms with E-state index in [1.54, 1.807) is 11.3 Å². The summed E-state index contributed by atoms with van der Waals surface area (Å²) in [6.07, 6.45) is 1.82. The number of fused-ring (bicyclic) bond motifs is 5. The molecule has 3 aromatic carbocycles. The van der Waals surface area contributed by atoms with Crippen molar-refractivity contribution >= 4 is 42.4 Å². The van der Waals surface area contributed by atoms with Crippen LogP contribution in [-0.2, 0) is 21.1 Å². The van der Waals surface area contributed by atoms with E-state index in [9.17, 15) is 0 Å². The van der Waals surface area contributed by atoms with Crippen molar-refractivity contribution in [3.05, 3.63) is 97.2 Å². The van der Waals surface area contributed by atoms with E-state index in [2.05, 4.69) is 40.3 Å². The second-order valence-corrected chi connectivity index (χ2v) is 7.95. The van der Waals surface area contributed by atoms with Gasteiger partial charge in [-0.3, -0.25) is 4.98 Å². The third-order valence-electron chi connectivity index (χ3n) is 5.02. The van der Waals surface area contributed by atoms with Gasteiger partial charge in [0.1, 0.15) is 0 Å². The van der Waals surface area contributed by atoms with E-state index in [1.807, 2.05) is 66.9 Å². The fourth-order valence-corrected chi connectivity index (χ4v) is 4.81. The number of nitrogens with zero attached hydrogens (tertiary/aromatic N) is 2. The van der Waals surface area contributed by atoms with Gasteiger partial charge in [0.25, 0.3) is 0 Å². The molecule has 0 atom stereocenters. The maximum Gasteiger partial charge on any atom is 2.00 e. The molecule has 0 unspecified atom stereocenters. The van der Waals surface area contributed by atoms with Crippen molar-refractivity contribution in [2.24, 2.45) is 0 Å². The fourth-order valence-electron chi connectivity index (χ4n) is 3.65. The van der Waals surface area contributed by atoms with Crippen LogP contribution in [0.3, 0.4) is 0 Å². The Morgan fingerprint density at radius 2 is 1.71 bits per heavy atom. The Balaban J connectivity index is 0.00000204. The molecule has 0 radical (unpaired) electrons. The molecule has 150 valence electrons. The topological polar surface area (TPSA) is 35.0 Å². The number of aromatic nitrogens is 2. The van der Waals surface area contributed by atoms with Crippen molar-refractivity contribution in [2.75, 3.05) is 0 Å². The van der Waals surface area contributed by atoms with Crippen molar-refractivity contribution in [1.82, 2.24) is 9.97 Å². The quantitative estimate of drug-likeness (QED) is 0.205. The number of rotatable bonds is 3. The number of ether oxygens (including phenoxy) is 1. The molecule has 0 aliphatic heterocycles. The molecular weight excluding hydrogens is 583 g/mol. The van der Waals surface area contributed by atoms with Gasteiger partial charge in [0.15, 0.2) is 0 Å². The molecule has 0 amide bonds. The van der Waals surface area contributed by atoms with E-state index < -0.39 is 0 Å². The van der Waals surface area contributed by atoms with Gasteiger partial charge in [-0.25, -0.2) is 0 Å². The first-order valence-corrected chi connectivity index (χ1v) is 10.4.